The van der Waals surface area contributed by atoms with Gasteiger partial charge in [0.15, 0.2) is 0 Å². The molecule has 0 aliphatic carbocycles. The van der Waals surface area contributed by atoms with E-state index in [1.165, 1.54) is 25.3 Å². The van der Waals surface area contributed by atoms with Crippen LogP contribution < -0.4 is 19.5 Å². The van der Waals surface area contributed by atoms with Crippen molar-refractivity contribution in [2.45, 2.75) is 18.0 Å². The number of ether oxygens (including phenoxy) is 2. The first-order valence-electron chi connectivity index (χ1n) is 9.66. The number of carbonyl (C=O) groups excluding carboxylic acids is 1. The molecule has 0 saturated heterocycles. The van der Waals surface area contributed by atoms with Gasteiger partial charge in [-0.15, -0.1) is 0 Å². The summed E-state index contributed by atoms with van der Waals surface area (Å²) in [5.74, 6) is 0.765. The van der Waals surface area contributed by atoms with E-state index in [-0.39, 0.29) is 28.6 Å². The van der Waals surface area contributed by atoms with E-state index in [1.54, 1.807) is 37.4 Å². The number of methoxy groups -OCH3 is 2. The maximum Gasteiger partial charge on any atom is 0.251 e. The predicted molar refractivity (Wildman–Crippen MR) is 123 cm³/mol. The second kappa shape index (κ2) is 10.5. The van der Waals surface area contributed by atoms with Crippen molar-refractivity contribution in [3.8, 4) is 11.5 Å². The number of hydrogen-bond acceptors (Lipinski definition) is 5. The van der Waals surface area contributed by atoms with E-state index in [1.807, 2.05) is 18.2 Å². The molecule has 32 heavy (non-hydrogen) atoms. The quantitative estimate of drug-likeness (QED) is 0.492. The zero-order valence-corrected chi connectivity index (χ0v) is 19.2. The molecule has 9 heteroatoms. The van der Waals surface area contributed by atoms with E-state index in [0.717, 1.165) is 5.56 Å². The number of halogens is 1. The van der Waals surface area contributed by atoms with Gasteiger partial charge in [-0.05, 0) is 42.0 Å². The van der Waals surface area contributed by atoms with E-state index < -0.39 is 15.9 Å². The van der Waals surface area contributed by atoms with Crippen molar-refractivity contribution in [1.29, 1.82) is 0 Å². The van der Waals surface area contributed by atoms with Gasteiger partial charge < -0.3 is 14.8 Å². The molecule has 0 bridgehead atoms. The monoisotopic (exact) mass is 474 g/mol. The lowest BCUT2D eigenvalue weighted by Crippen LogP contribution is -2.26. The van der Waals surface area contributed by atoms with Crippen LogP contribution in [0.25, 0.3) is 0 Å². The number of nitrogens with one attached hydrogen (secondary N) is 2. The van der Waals surface area contributed by atoms with Gasteiger partial charge in [0.2, 0.25) is 10.0 Å². The molecule has 3 aromatic rings. The summed E-state index contributed by atoms with van der Waals surface area (Å²) in [6.45, 7) is 0.266. The summed E-state index contributed by atoms with van der Waals surface area (Å²) in [6, 6.07) is 18.5. The van der Waals surface area contributed by atoms with Gasteiger partial charge in [0.1, 0.15) is 16.4 Å². The standard InChI is InChI=1S/C23H23ClN2O5S/c1-30-19-9-11-21(31-2)18(12-19)15-25-23(27)17-8-10-20(24)22(13-17)32(28,29)26-14-16-6-4-3-5-7-16/h3-13,26H,14-15H2,1-2H3,(H,25,27). The molecule has 0 unspecified atom stereocenters. The molecule has 0 fully saturated rings. The molecule has 7 nitrogen and oxygen atoms in total. The fraction of sp³-hybridized carbons (Fsp3) is 0.174. The van der Waals surface area contributed by atoms with Crippen LogP contribution >= 0.6 is 11.6 Å². The number of carbonyl (C=O) groups is 1. The Kier molecular flexibility index (Phi) is 7.74. The highest BCUT2D eigenvalue weighted by Crippen LogP contribution is 2.25. The summed E-state index contributed by atoms with van der Waals surface area (Å²) < 4.78 is 38.6. The number of amides is 1. The smallest absolute Gasteiger partial charge is 0.251 e. The van der Waals surface area contributed by atoms with Crippen LogP contribution in [0, 0.1) is 0 Å². The molecule has 0 saturated carbocycles. The molecule has 0 radical (unpaired) electrons. The number of hydrogen-bond donors (Lipinski definition) is 2. The van der Waals surface area contributed by atoms with Gasteiger partial charge in [0, 0.05) is 24.2 Å². The minimum absolute atomic E-state index is 0.0246. The average Bonchev–Trinajstić information content (AvgIpc) is 2.81. The minimum Gasteiger partial charge on any atom is -0.497 e. The lowest BCUT2D eigenvalue weighted by atomic mass is 10.1. The van der Waals surface area contributed by atoms with E-state index in [4.69, 9.17) is 21.1 Å². The largest absolute Gasteiger partial charge is 0.497 e. The molecule has 0 aliphatic heterocycles. The van der Waals surface area contributed by atoms with Gasteiger partial charge in [-0.1, -0.05) is 41.9 Å². The van der Waals surface area contributed by atoms with Crippen LogP contribution in [0.15, 0.2) is 71.6 Å². The van der Waals surface area contributed by atoms with Crippen LogP contribution in [0.5, 0.6) is 11.5 Å². The average molecular weight is 475 g/mol. The Morgan fingerprint density at radius 3 is 2.38 bits per heavy atom. The van der Waals surface area contributed by atoms with E-state index in [0.29, 0.717) is 17.1 Å². The SMILES string of the molecule is COc1ccc(OC)c(CNC(=O)c2ccc(Cl)c(S(=O)(=O)NCc3ccccc3)c2)c1. The first-order valence-corrected chi connectivity index (χ1v) is 11.5. The van der Waals surface area contributed by atoms with Crippen LogP contribution in [0.4, 0.5) is 0 Å². The van der Waals surface area contributed by atoms with Crippen molar-refractivity contribution in [2.75, 3.05) is 14.2 Å². The third-order valence-electron chi connectivity index (χ3n) is 4.72. The fourth-order valence-electron chi connectivity index (χ4n) is 3.00. The van der Waals surface area contributed by atoms with Crippen LogP contribution in [-0.4, -0.2) is 28.5 Å². The van der Waals surface area contributed by atoms with Gasteiger partial charge in [-0.25, -0.2) is 13.1 Å². The summed E-state index contributed by atoms with van der Waals surface area (Å²) in [5.41, 5.74) is 1.68. The topological polar surface area (TPSA) is 93.7 Å². The summed E-state index contributed by atoms with van der Waals surface area (Å²) in [7, 11) is -0.849. The van der Waals surface area contributed by atoms with Gasteiger partial charge in [0.05, 0.1) is 19.2 Å². The minimum atomic E-state index is -3.93. The predicted octanol–water partition coefficient (Wildman–Crippen LogP) is 3.77. The third-order valence-corrected chi connectivity index (χ3v) is 6.60. The van der Waals surface area contributed by atoms with Crippen LogP contribution in [-0.2, 0) is 23.1 Å². The maximum atomic E-state index is 12.8. The van der Waals surface area contributed by atoms with Crippen molar-refractivity contribution in [1.82, 2.24) is 10.0 Å². The summed E-state index contributed by atoms with van der Waals surface area (Å²) >= 11 is 6.13. The summed E-state index contributed by atoms with van der Waals surface area (Å²) in [6.07, 6.45) is 0. The molecule has 168 valence electrons. The zero-order chi connectivity index (χ0) is 23.1. The van der Waals surface area contributed by atoms with Crippen LogP contribution in [0.1, 0.15) is 21.5 Å². The van der Waals surface area contributed by atoms with Gasteiger partial charge >= 0.3 is 0 Å². The lowest BCUT2D eigenvalue weighted by Gasteiger charge is -2.13. The molecule has 3 aromatic carbocycles. The Morgan fingerprint density at radius 2 is 1.69 bits per heavy atom. The van der Waals surface area contributed by atoms with Crippen LogP contribution in [0.2, 0.25) is 5.02 Å². The van der Waals surface area contributed by atoms with Crippen molar-refractivity contribution >= 4 is 27.5 Å². The van der Waals surface area contributed by atoms with E-state index in [2.05, 4.69) is 10.0 Å². The third kappa shape index (κ3) is 5.79. The Bertz CT molecular complexity index is 1200. The summed E-state index contributed by atoms with van der Waals surface area (Å²) in [4.78, 5) is 12.5. The first-order chi connectivity index (χ1) is 15.3. The van der Waals surface area contributed by atoms with E-state index >= 15 is 0 Å². The second-order valence-electron chi connectivity index (χ2n) is 6.82. The highest BCUT2D eigenvalue weighted by atomic mass is 35.5. The second-order valence-corrected chi connectivity index (χ2v) is 8.96. The van der Waals surface area contributed by atoms with E-state index in [9.17, 15) is 13.2 Å². The van der Waals surface area contributed by atoms with Gasteiger partial charge in [0.25, 0.3) is 5.91 Å². The maximum absolute atomic E-state index is 12.8. The van der Waals surface area contributed by atoms with Gasteiger partial charge in [-0.3, -0.25) is 4.79 Å². The Balaban J connectivity index is 1.75. The number of rotatable bonds is 9. The Labute approximate surface area is 192 Å². The highest BCUT2D eigenvalue weighted by molar-refractivity contribution is 7.89. The number of benzene rings is 3. The Hall–Kier alpha value is -3.07. The lowest BCUT2D eigenvalue weighted by molar-refractivity contribution is 0.0950. The molecule has 0 aliphatic rings. The molecular formula is C23H23ClN2O5S. The molecule has 1 amide bonds. The Morgan fingerprint density at radius 1 is 0.938 bits per heavy atom. The molecule has 3 rings (SSSR count). The first kappa shape index (κ1) is 23.6. The molecule has 0 aromatic heterocycles. The molecule has 0 spiro atoms. The normalized spacial score (nSPS) is 11.1. The molecular weight excluding hydrogens is 452 g/mol. The molecule has 0 atom stereocenters. The van der Waals surface area contributed by atoms with Gasteiger partial charge in [-0.2, -0.15) is 0 Å². The molecule has 0 heterocycles. The fourth-order valence-corrected chi connectivity index (χ4v) is 4.54. The van der Waals surface area contributed by atoms with Crippen molar-refractivity contribution in [3.05, 3.63) is 88.4 Å². The summed E-state index contributed by atoms with van der Waals surface area (Å²) in [5, 5.41) is 2.79. The van der Waals surface area contributed by atoms with Crippen molar-refractivity contribution in [3.63, 3.8) is 0 Å². The van der Waals surface area contributed by atoms with Crippen molar-refractivity contribution < 1.29 is 22.7 Å². The highest BCUT2D eigenvalue weighted by Gasteiger charge is 2.20. The molecule has 2 N–H and O–H groups in total. The van der Waals surface area contributed by atoms with Crippen LogP contribution in [0.3, 0.4) is 0 Å². The van der Waals surface area contributed by atoms with Crippen molar-refractivity contribution in [2.24, 2.45) is 0 Å². The zero-order valence-electron chi connectivity index (χ0n) is 17.6. The number of sulfonamides is 1.